The van der Waals surface area contributed by atoms with Gasteiger partial charge in [-0.2, -0.15) is 13.2 Å². The van der Waals surface area contributed by atoms with Gasteiger partial charge >= 0.3 is 11.9 Å². The van der Waals surface area contributed by atoms with Crippen molar-refractivity contribution in [3.63, 3.8) is 0 Å². The molecule has 11 heteroatoms. The summed E-state index contributed by atoms with van der Waals surface area (Å²) in [6.45, 7) is 3.62. The number of rotatable bonds is 6. The number of hydrogen-bond donors (Lipinski definition) is 1. The summed E-state index contributed by atoms with van der Waals surface area (Å²) >= 11 is 0. The zero-order valence-electron chi connectivity index (χ0n) is 16.4. The molecule has 0 amide bonds. The lowest BCUT2D eigenvalue weighted by atomic mass is 10.2. The first kappa shape index (κ1) is 23.8. The number of alkyl halides is 3. The SMILES string of the molecule is COc1ccccc1N1CCN(CCCn2c(=O)[nH]cc(C(F)(F)F)c2=O)CC1.Cl. The Hall–Kier alpha value is -2.46. The molecule has 7 nitrogen and oxygen atoms in total. The normalized spacial score (nSPS) is 15.0. The predicted octanol–water partition coefficient (Wildman–Crippen LogP) is 2.20. The molecular weight excluding hydrogens is 425 g/mol. The van der Waals surface area contributed by atoms with E-state index in [2.05, 4.69) is 9.80 Å². The number of piperazine rings is 1. The van der Waals surface area contributed by atoms with E-state index in [0.717, 1.165) is 37.6 Å². The highest BCUT2D eigenvalue weighted by molar-refractivity contribution is 5.85. The summed E-state index contributed by atoms with van der Waals surface area (Å²) in [5.74, 6) is 0.809. The van der Waals surface area contributed by atoms with E-state index < -0.39 is 23.0 Å². The Labute approximate surface area is 177 Å². The van der Waals surface area contributed by atoms with Crippen LogP contribution in [0.25, 0.3) is 0 Å². The second-order valence-electron chi connectivity index (χ2n) is 6.82. The van der Waals surface area contributed by atoms with Gasteiger partial charge in [-0.1, -0.05) is 12.1 Å². The van der Waals surface area contributed by atoms with Crippen molar-refractivity contribution in [3.8, 4) is 5.75 Å². The van der Waals surface area contributed by atoms with Crippen molar-refractivity contribution in [2.24, 2.45) is 0 Å². The number of H-pyrrole nitrogens is 1. The van der Waals surface area contributed by atoms with Crippen LogP contribution in [0.3, 0.4) is 0 Å². The molecule has 0 aliphatic carbocycles. The molecule has 166 valence electrons. The van der Waals surface area contributed by atoms with Crippen LogP contribution in [0.1, 0.15) is 12.0 Å². The van der Waals surface area contributed by atoms with Gasteiger partial charge in [0.2, 0.25) is 0 Å². The number of halogens is 4. The monoisotopic (exact) mass is 448 g/mol. The standard InChI is InChI=1S/C19H23F3N4O3.ClH/c1-29-16-6-3-2-5-15(16)25-11-9-24(10-12-25)7-4-8-26-17(27)14(19(20,21)22)13-23-18(26)28;/h2-3,5-6,13H,4,7-12H2,1H3,(H,23,28);1H. The molecule has 30 heavy (non-hydrogen) atoms. The number of ether oxygens (including phenoxy) is 1. The van der Waals surface area contributed by atoms with Gasteiger partial charge < -0.3 is 14.6 Å². The summed E-state index contributed by atoms with van der Waals surface area (Å²) in [6.07, 6.45) is -3.96. The maximum atomic E-state index is 12.8. The van der Waals surface area contributed by atoms with E-state index in [1.165, 1.54) is 0 Å². The van der Waals surface area contributed by atoms with Gasteiger partial charge in [0.1, 0.15) is 11.3 Å². The third-order valence-corrected chi connectivity index (χ3v) is 5.02. The molecular formula is C19H24ClF3N4O3. The van der Waals surface area contributed by atoms with Crippen LogP contribution >= 0.6 is 12.4 Å². The number of aromatic amines is 1. The average Bonchev–Trinajstić information content (AvgIpc) is 2.70. The minimum absolute atomic E-state index is 0. The van der Waals surface area contributed by atoms with E-state index in [1.54, 1.807) is 7.11 Å². The first-order valence-electron chi connectivity index (χ1n) is 9.31. The topological polar surface area (TPSA) is 70.6 Å². The van der Waals surface area contributed by atoms with Crippen LogP contribution in [-0.2, 0) is 12.7 Å². The minimum Gasteiger partial charge on any atom is -0.495 e. The van der Waals surface area contributed by atoms with E-state index >= 15 is 0 Å². The molecule has 3 rings (SSSR count). The Morgan fingerprint density at radius 2 is 1.73 bits per heavy atom. The van der Waals surface area contributed by atoms with Gasteiger partial charge in [0.05, 0.1) is 12.8 Å². The van der Waals surface area contributed by atoms with Crippen molar-refractivity contribution >= 4 is 18.1 Å². The van der Waals surface area contributed by atoms with Crippen LogP contribution in [0.5, 0.6) is 5.75 Å². The maximum absolute atomic E-state index is 12.8. The highest BCUT2D eigenvalue weighted by Crippen LogP contribution is 2.28. The fourth-order valence-electron chi connectivity index (χ4n) is 3.47. The van der Waals surface area contributed by atoms with E-state index in [1.807, 2.05) is 29.2 Å². The van der Waals surface area contributed by atoms with Crippen LogP contribution in [0.2, 0.25) is 0 Å². The van der Waals surface area contributed by atoms with E-state index in [0.29, 0.717) is 23.7 Å². The maximum Gasteiger partial charge on any atom is 0.423 e. The van der Waals surface area contributed by atoms with Gasteiger partial charge in [-0.05, 0) is 25.1 Å². The Kier molecular flexibility index (Phi) is 7.96. The fourth-order valence-corrected chi connectivity index (χ4v) is 3.47. The van der Waals surface area contributed by atoms with Gasteiger partial charge in [0.25, 0.3) is 5.56 Å². The van der Waals surface area contributed by atoms with Crippen molar-refractivity contribution in [3.05, 3.63) is 56.9 Å². The number of methoxy groups -OCH3 is 1. The highest BCUT2D eigenvalue weighted by Gasteiger charge is 2.35. The number of hydrogen-bond acceptors (Lipinski definition) is 5. The van der Waals surface area contributed by atoms with Gasteiger partial charge in [-0.15, -0.1) is 12.4 Å². The zero-order chi connectivity index (χ0) is 21.0. The number of para-hydroxylation sites is 2. The van der Waals surface area contributed by atoms with Crippen molar-refractivity contribution in [2.45, 2.75) is 19.1 Å². The summed E-state index contributed by atoms with van der Waals surface area (Å²) in [6, 6.07) is 7.78. The van der Waals surface area contributed by atoms with E-state index in [4.69, 9.17) is 4.74 Å². The second kappa shape index (κ2) is 10.0. The molecule has 1 fully saturated rings. The molecule has 0 spiro atoms. The molecule has 0 saturated carbocycles. The third-order valence-electron chi connectivity index (χ3n) is 5.02. The Morgan fingerprint density at radius 1 is 1.07 bits per heavy atom. The first-order valence-corrected chi connectivity index (χ1v) is 9.31. The molecule has 1 saturated heterocycles. The molecule has 1 aromatic heterocycles. The summed E-state index contributed by atoms with van der Waals surface area (Å²) in [4.78, 5) is 30.1. The molecule has 1 aliphatic heterocycles. The highest BCUT2D eigenvalue weighted by atomic mass is 35.5. The van der Waals surface area contributed by atoms with Crippen LogP contribution < -0.4 is 20.9 Å². The fraction of sp³-hybridized carbons (Fsp3) is 0.474. The predicted molar refractivity (Wildman–Crippen MR) is 110 cm³/mol. The Balaban J connectivity index is 0.00000320. The quantitative estimate of drug-likeness (QED) is 0.733. The smallest absolute Gasteiger partial charge is 0.423 e. The van der Waals surface area contributed by atoms with E-state index in [9.17, 15) is 22.8 Å². The molecule has 1 aliphatic rings. The number of benzene rings is 1. The molecule has 2 aromatic rings. The van der Waals surface area contributed by atoms with Crippen molar-refractivity contribution in [2.75, 3.05) is 44.7 Å². The first-order chi connectivity index (χ1) is 13.8. The summed E-state index contributed by atoms with van der Waals surface area (Å²) in [7, 11) is 1.63. The van der Waals surface area contributed by atoms with Gasteiger partial charge in [-0.3, -0.25) is 14.3 Å². The van der Waals surface area contributed by atoms with Gasteiger partial charge in [0.15, 0.2) is 0 Å². The second-order valence-corrected chi connectivity index (χ2v) is 6.82. The Bertz CT molecular complexity index is 953. The molecule has 1 N–H and O–H groups in total. The zero-order valence-corrected chi connectivity index (χ0v) is 17.3. The van der Waals surface area contributed by atoms with Crippen LogP contribution in [-0.4, -0.2) is 54.3 Å². The van der Waals surface area contributed by atoms with Gasteiger partial charge in [-0.25, -0.2) is 4.79 Å². The lowest BCUT2D eigenvalue weighted by molar-refractivity contribution is -0.139. The summed E-state index contributed by atoms with van der Waals surface area (Å²) in [5.41, 5.74) is -2.47. The molecule has 0 atom stereocenters. The van der Waals surface area contributed by atoms with Crippen molar-refractivity contribution in [1.29, 1.82) is 0 Å². The Morgan fingerprint density at radius 3 is 2.37 bits per heavy atom. The van der Waals surface area contributed by atoms with Gasteiger partial charge in [0, 0.05) is 38.9 Å². The molecule has 2 heterocycles. The lowest BCUT2D eigenvalue weighted by Gasteiger charge is -2.36. The summed E-state index contributed by atoms with van der Waals surface area (Å²) in [5, 5.41) is 0. The molecule has 1 aromatic carbocycles. The molecule has 0 bridgehead atoms. The number of anilines is 1. The number of aromatic nitrogens is 2. The average molecular weight is 449 g/mol. The van der Waals surface area contributed by atoms with Crippen molar-refractivity contribution in [1.82, 2.24) is 14.5 Å². The van der Waals surface area contributed by atoms with Crippen LogP contribution in [0.15, 0.2) is 40.1 Å². The van der Waals surface area contributed by atoms with E-state index in [-0.39, 0.29) is 19.0 Å². The summed E-state index contributed by atoms with van der Waals surface area (Å²) < 4.78 is 44.6. The minimum atomic E-state index is -4.79. The largest absolute Gasteiger partial charge is 0.495 e. The number of nitrogens with zero attached hydrogens (tertiary/aromatic N) is 3. The molecule has 0 unspecified atom stereocenters. The lowest BCUT2D eigenvalue weighted by Crippen LogP contribution is -2.47. The number of nitrogens with one attached hydrogen (secondary N) is 1. The third kappa shape index (κ3) is 5.37. The van der Waals surface area contributed by atoms with Crippen LogP contribution in [0, 0.1) is 0 Å². The molecule has 0 radical (unpaired) electrons. The van der Waals surface area contributed by atoms with Crippen molar-refractivity contribution < 1.29 is 17.9 Å². The van der Waals surface area contributed by atoms with Crippen LogP contribution in [0.4, 0.5) is 18.9 Å².